The van der Waals surface area contributed by atoms with Gasteiger partial charge in [-0.25, -0.2) is 8.42 Å². The van der Waals surface area contributed by atoms with Gasteiger partial charge in [0.25, 0.3) is 5.91 Å². The van der Waals surface area contributed by atoms with E-state index in [4.69, 9.17) is 23.2 Å². The molecular formula is C20H14Cl2N2O3S2. The lowest BCUT2D eigenvalue weighted by Gasteiger charge is -2.19. The lowest BCUT2D eigenvalue weighted by molar-refractivity contribution is -0.112. The van der Waals surface area contributed by atoms with E-state index < -0.39 is 9.84 Å². The molecule has 3 aromatic rings. The van der Waals surface area contributed by atoms with Crippen molar-refractivity contribution in [2.24, 2.45) is 0 Å². The van der Waals surface area contributed by atoms with Gasteiger partial charge < -0.3 is 10.3 Å². The fourth-order valence-corrected chi connectivity index (χ4v) is 5.91. The molecule has 2 aromatic carbocycles. The number of H-pyrrole nitrogens is 1. The van der Waals surface area contributed by atoms with Gasteiger partial charge in [-0.3, -0.25) is 4.79 Å². The molecule has 29 heavy (non-hydrogen) atoms. The summed E-state index contributed by atoms with van der Waals surface area (Å²) in [6.07, 6.45) is 5.32. The van der Waals surface area contributed by atoms with Crippen molar-refractivity contribution >= 4 is 62.5 Å². The number of thioether (sulfide) groups is 1. The number of rotatable bonds is 4. The van der Waals surface area contributed by atoms with Crippen LogP contribution in [0.4, 0.5) is 5.69 Å². The van der Waals surface area contributed by atoms with Gasteiger partial charge in [0.15, 0.2) is 9.84 Å². The number of benzene rings is 2. The molecule has 1 aliphatic rings. The van der Waals surface area contributed by atoms with E-state index in [9.17, 15) is 13.2 Å². The number of sulfone groups is 1. The number of carbonyl (C=O) groups is 1. The van der Waals surface area contributed by atoms with Gasteiger partial charge in [-0.2, -0.15) is 0 Å². The van der Waals surface area contributed by atoms with Crippen molar-refractivity contribution in [1.29, 1.82) is 0 Å². The van der Waals surface area contributed by atoms with Crippen LogP contribution in [0.5, 0.6) is 0 Å². The first kappa shape index (κ1) is 20.1. The van der Waals surface area contributed by atoms with Crippen LogP contribution in [0.2, 0.25) is 10.0 Å². The van der Waals surface area contributed by atoms with E-state index in [1.165, 1.54) is 23.9 Å². The minimum atomic E-state index is -3.71. The molecule has 2 heterocycles. The minimum absolute atomic E-state index is 0.0891. The van der Waals surface area contributed by atoms with Crippen molar-refractivity contribution in [3.8, 4) is 0 Å². The average Bonchev–Trinajstić information content (AvgIpc) is 3.18. The number of aromatic nitrogens is 1. The zero-order valence-corrected chi connectivity index (χ0v) is 17.9. The van der Waals surface area contributed by atoms with Crippen molar-refractivity contribution in [3.63, 3.8) is 0 Å². The van der Waals surface area contributed by atoms with Crippen molar-refractivity contribution in [3.05, 3.63) is 80.9 Å². The van der Waals surface area contributed by atoms with Crippen LogP contribution in [0, 0.1) is 0 Å². The zero-order chi connectivity index (χ0) is 20.6. The molecule has 1 aromatic heterocycles. The first-order valence-electron chi connectivity index (χ1n) is 8.47. The summed E-state index contributed by atoms with van der Waals surface area (Å²) in [5.41, 5.74) is 1.68. The molecule has 0 saturated heterocycles. The smallest absolute Gasteiger partial charge is 0.262 e. The lowest BCUT2D eigenvalue weighted by atomic mass is 10.2. The third kappa shape index (κ3) is 4.23. The molecule has 5 nitrogen and oxygen atoms in total. The first-order valence-corrected chi connectivity index (χ1v) is 11.7. The fourth-order valence-electron chi connectivity index (χ4n) is 2.85. The van der Waals surface area contributed by atoms with Gasteiger partial charge in [-0.1, -0.05) is 41.0 Å². The van der Waals surface area contributed by atoms with E-state index in [0.717, 1.165) is 10.5 Å². The average molecular weight is 465 g/mol. The molecule has 148 valence electrons. The first-order chi connectivity index (χ1) is 13.8. The van der Waals surface area contributed by atoms with E-state index in [1.807, 2.05) is 6.07 Å². The number of amides is 1. The van der Waals surface area contributed by atoms with Crippen LogP contribution in [0.3, 0.4) is 0 Å². The van der Waals surface area contributed by atoms with Crippen molar-refractivity contribution < 1.29 is 13.2 Å². The quantitative estimate of drug-likeness (QED) is 0.507. The molecule has 9 heteroatoms. The SMILES string of the molecule is O=C1Nc2cc(S(=O)(=O)Cc3c(Cl)cccc3Cl)ccc2SC1=Cc1cc[nH]c1. The summed E-state index contributed by atoms with van der Waals surface area (Å²) in [7, 11) is -3.71. The highest BCUT2D eigenvalue weighted by Gasteiger charge is 2.25. The highest BCUT2D eigenvalue weighted by molar-refractivity contribution is 8.04. The largest absolute Gasteiger partial charge is 0.367 e. The van der Waals surface area contributed by atoms with Crippen LogP contribution in [-0.2, 0) is 20.4 Å². The molecule has 0 unspecified atom stereocenters. The molecule has 2 N–H and O–H groups in total. The number of halogens is 2. The molecule has 1 aliphatic heterocycles. The second-order valence-corrected chi connectivity index (χ2v) is 10.2. The van der Waals surface area contributed by atoms with Gasteiger partial charge >= 0.3 is 0 Å². The Kier molecular flexibility index (Phi) is 5.48. The van der Waals surface area contributed by atoms with Gasteiger partial charge in [0.2, 0.25) is 0 Å². The summed E-state index contributed by atoms with van der Waals surface area (Å²) in [6.45, 7) is 0. The molecule has 0 aliphatic carbocycles. The highest BCUT2D eigenvalue weighted by Crippen LogP contribution is 2.40. The molecule has 1 amide bonds. The van der Waals surface area contributed by atoms with Gasteiger partial charge in [-0.05, 0) is 48.0 Å². The second kappa shape index (κ2) is 7.91. The van der Waals surface area contributed by atoms with Gasteiger partial charge in [-0.15, -0.1) is 0 Å². The number of anilines is 1. The molecular weight excluding hydrogens is 451 g/mol. The predicted molar refractivity (Wildman–Crippen MR) is 117 cm³/mol. The summed E-state index contributed by atoms with van der Waals surface area (Å²) in [5.74, 6) is -0.614. The third-order valence-electron chi connectivity index (χ3n) is 4.32. The van der Waals surface area contributed by atoms with Gasteiger partial charge in [0.1, 0.15) is 0 Å². The number of hydrogen-bond acceptors (Lipinski definition) is 4. The van der Waals surface area contributed by atoms with E-state index in [-0.39, 0.29) is 16.6 Å². The summed E-state index contributed by atoms with van der Waals surface area (Å²) in [4.78, 5) is 16.7. The van der Waals surface area contributed by atoms with Gasteiger partial charge in [0.05, 0.1) is 21.2 Å². The zero-order valence-electron chi connectivity index (χ0n) is 14.8. The normalized spacial score (nSPS) is 15.2. The Morgan fingerprint density at radius 1 is 1.07 bits per heavy atom. The van der Waals surface area contributed by atoms with Crippen LogP contribution in [0.1, 0.15) is 11.1 Å². The summed E-state index contributed by atoms with van der Waals surface area (Å²) in [6, 6.07) is 11.4. The minimum Gasteiger partial charge on any atom is -0.367 e. The lowest BCUT2D eigenvalue weighted by Crippen LogP contribution is -2.18. The Morgan fingerprint density at radius 2 is 1.83 bits per heavy atom. The van der Waals surface area contributed by atoms with Crippen LogP contribution < -0.4 is 5.32 Å². The number of fused-ring (bicyclic) bond motifs is 1. The predicted octanol–water partition coefficient (Wildman–Crippen LogP) is 5.38. The Balaban J connectivity index is 1.64. The van der Waals surface area contributed by atoms with Crippen LogP contribution >= 0.6 is 35.0 Å². The van der Waals surface area contributed by atoms with Gasteiger partial charge in [0, 0.05) is 32.9 Å². The van der Waals surface area contributed by atoms with Crippen molar-refractivity contribution in [1.82, 2.24) is 4.98 Å². The maximum absolute atomic E-state index is 12.9. The summed E-state index contributed by atoms with van der Waals surface area (Å²) in [5, 5.41) is 3.35. The van der Waals surface area contributed by atoms with E-state index in [1.54, 1.807) is 42.7 Å². The van der Waals surface area contributed by atoms with E-state index in [2.05, 4.69) is 10.3 Å². The number of hydrogen-bond donors (Lipinski definition) is 2. The Bertz CT molecular complexity index is 1220. The molecule has 0 atom stereocenters. The van der Waals surface area contributed by atoms with Crippen molar-refractivity contribution in [2.75, 3.05) is 5.32 Å². The summed E-state index contributed by atoms with van der Waals surface area (Å²) < 4.78 is 25.8. The van der Waals surface area contributed by atoms with E-state index >= 15 is 0 Å². The molecule has 0 spiro atoms. The van der Waals surface area contributed by atoms with Crippen LogP contribution in [-0.4, -0.2) is 19.3 Å². The maximum atomic E-state index is 12.9. The summed E-state index contributed by atoms with van der Waals surface area (Å²) >= 11 is 13.5. The third-order valence-corrected chi connectivity index (χ3v) is 7.77. The Hall–Kier alpha value is -2.19. The Morgan fingerprint density at radius 3 is 2.52 bits per heavy atom. The Labute approximate surface area is 182 Å². The molecule has 0 fully saturated rings. The number of nitrogens with one attached hydrogen (secondary N) is 2. The maximum Gasteiger partial charge on any atom is 0.262 e. The highest BCUT2D eigenvalue weighted by atomic mass is 35.5. The molecule has 4 rings (SSSR count). The molecule has 0 radical (unpaired) electrons. The standard InChI is InChI=1S/C20H14Cl2N2O3S2/c21-15-2-1-3-16(22)14(15)11-29(26,27)13-4-5-18-17(9-13)24-20(25)19(28-18)8-12-6-7-23-10-12/h1-10,23H,11H2,(H,24,25). The van der Waals surface area contributed by atoms with E-state index in [0.29, 0.717) is 26.2 Å². The molecule has 0 saturated carbocycles. The van der Waals surface area contributed by atoms with Crippen LogP contribution in [0.25, 0.3) is 6.08 Å². The fraction of sp³-hybridized carbons (Fsp3) is 0.0500. The van der Waals surface area contributed by atoms with Crippen molar-refractivity contribution in [2.45, 2.75) is 15.5 Å². The number of aromatic amines is 1. The molecule has 0 bridgehead atoms. The van der Waals surface area contributed by atoms with Crippen LogP contribution in [0.15, 0.2) is 69.6 Å². The second-order valence-electron chi connectivity index (χ2n) is 6.33. The number of carbonyl (C=O) groups excluding carboxylic acids is 1. The topological polar surface area (TPSA) is 79.0 Å². The monoisotopic (exact) mass is 464 g/mol.